The monoisotopic (exact) mass is 544 g/mol. The summed E-state index contributed by atoms with van der Waals surface area (Å²) in [6.07, 6.45) is 11.5. The molecule has 224 valence electrons. The van der Waals surface area contributed by atoms with Gasteiger partial charge in [0, 0.05) is 13.2 Å². The molecule has 6 heteroatoms. The third-order valence-electron chi connectivity index (χ3n) is 8.10. The highest BCUT2D eigenvalue weighted by Gasteiger charge is 2.42. The molecule has 0 spiro atoms. The fraction of sp³-hybridized carbons (Fsp3) is 1.00. The maximum atomic E-state index is 6.47. The molecule has 5 nitrogen and oxygen atoms in total. The van der Waals surface area contributed by atoms with Gasteiger partial charge in [0.2, 0.25) is 0 Å². The molecule has 0 aliphatic heterocycles. The van der Waals surface area contributed by atoms with E-state index in [2.05, 4.69) is 76.6 Å². The van der Waals surface area contributed by atoms with Crippen molar-refractivity contribution in [2.75, 3.05) is 72.1 Å². The second-order valence-corrected chi connectivity index (χ2v) is 14.5. The van der Waals surface area contributed by atoms with Gasteiger partial charge in [0.05, 0.1) is 0 Å². The summed E-state index contributed by atoms with van der Waals surface area (Å²) in [5.74, 6) is 0. The first-order valence-corrected chi connectivity index (χ1v) is 18.8. The Morgan fingerprint density at radius 3 is 1.08 bits per heavy atom. The van der Waals surface area contributed by atoms with E-state index in [0.29, 0.717) is 5.41 Å². The molecule has 0 heterocycles. The van der Waals surface area contributed by atoms with E-state index in [1.54, 1.807) is 0 Å². The molecule has 0 amide bonds. The second-order valence-electron chi connectivity index (χ2n) is 11.3. The van der Waals surface area contributed by atoms with E-state index in [4.69, 9.17) is 8.85 Å². The first-order valence-electron chi connectivity index (χ1n) is 16.3. The molecule has 0 bridgehead atoms. The lowest BCUT2D eigenvalue weighted by molar-refractivity contribution is 0.136. The van der Waals surface area contributed by atoms with Crippen LogP contribution in [-0.2, 0) is 8.85 Å². The first kappa shape index (κ1) is 37.0. The Morgan fingerprint density at radius 2 is 0.838 bits per heavy atom. The van der Waals surface area contributed by atoms with Gasteiger partial charge in [-0.25, -0.2) is 0 Å². The minimum Gasteiger partial charge on any atom is -0.395 e. The van der Waals surface area contributed by atoms with Gasteiger partial charge < -0.3 is 23.6 Å². The first-order chi connectivity index (χ1) is 17.8. The molecule has 0 radical (unpaired) electrons. The van der Waals surface area contributed by atoms with E-state index < -0.39 is 8.56 Å². The highest BCUT2D eigenvalue weighted by Crippen LogP contribution is 2.43. The van der Waals surface area contributed by atoms with Crippen LogP contribution >= 0.6 is 0 Å². The molecule has 0 saturated carbocycles. The van der Waals surface area contributed by atoms with Crippen LogP contribution in [0.15, 0.2) is 0 Å². The Labute approximate surface area is 235 Å². The number of rotatable bonds is 27. The molecule has 0 atom stereocenters. The van der Waals surface area contributed by atoms with Crippen LogP contribution in [0.5, 0.6) is 0 Å². The van der Waals surface area contributed by atoms with Gasteiger partial charge in [0.1, 0.15) is 0 Å². The molecule has 0 aliphatic rings. The zero-order chi connectivity index (χ0) is 28.0. The van der Waals surface area contributed by atoms with Crippen LogP contribution in [0.2, 0.25) is 12.6 Å². The zero-order valence-electron chi connectivity index (χ0n) is 27.0. The summed E-state index contributed by atoms with van der Waals surface area (Å²) in [4.78, 5) is 7.94. The second kappa shape index (κ2) is 22.8. The van der Waals surface area contributed by atoms with Gasteiger partial charge in [-0.05, 0) is 149 Å². The summed E-state index contributed by atoms with van der Waals surface area (Å²) in [5.41, 5.74) is 0.314. The molecule has 0 aromatic carbocycles. The maximum Gasteiger partial charge on any atom is 0.335 e. The molecule has 0 saturated heterocycles. The molecule has 0 aromatic heterocycles. The molecule has 0 fully saturated rings. The van der Waals surface area contributed by atoms with Crippen LogP contribution in [0.1, 0.15) is 113 Å². The number of hydrogen-bond acceptors (Lipinski definition) is 5. The van der Waals surface area contributed by atoms with Crippen molar-refractivity contribution >= 4 is 8.56 Å². The molecule has 0 N–H and O–H groups in total. The number of nitrogens with zero attached hydrogens (tertiary/aromatic N) is 3. The van der Waals surface area contributed by atoms with E-state index in [-0.39, 0.29) is 0 Å². The van der Waals surface area contributed by atoms with Gasteiger partial charge in [0.15, 0.2) is 0 Å². The zero-order valence-corrected chi connectivity index (χ0v) is 28.0. The van der Waals surface area contributed by atoms with Gasteiger partial charge in [-0.2, -0.15) is 0 Å². The highest BCUT2D eigenvalue weighted by molar-refractivity contribution is 6.66. The minimum atomic E-state index is -2.23. The van der Waals surface area contributed by atoms with Gasteiger partial charge in [-0.3, -0.25) is 0 Å². The van der Waals surface area contributed by atoms with Crippen LogP contribution in [-0.4, -0.2) is 95.4 Å². The quantitative estimate of drug-likeness (QED) is 0.0992. The van der Waals surface area contributed by atoms with Crippen molar-refractivity contribution in [3.05, 3.63) is 0 Å². The standard InChI is InChI=1S/C31H69N3O2Si/c1-10-24-32(13-4)27-18-21-31(22-19-28-33(14-5)25-11-2,23-20-29-34(15-6)26-12-3)30-37(9,35-16-7)36-17-8/h10-30H2,1-9H3. The fourth-order valence-corrected chi connectivity index (χ4v) is 9.74. The van der Waals surface area contributed by atoms with Crippen LogP contribution in [0.25, 0.3) is 0 Å². The lowest BCUT2D eigenvalue weighted by Gasteiger charge is -2.41. The molecular weight excluding hydrogens is 474 g/mol. The molecular formula is C31H69N3O2Si. The van der Waals surface area contributed by atoms with Crippen molar-refractivity contribution in [2.24, 2.45) is 5.41 Å². The van der Waals surface area contributed by atoms with E-state index in [1.165, 1.54) is 97.1 Å². The van der Waals surface area contributed by atoms with Crippen LogP contribution < -0.4 is 0 Å². The normalized spacial score (nSPS) is 13.0. The van der Waals surface area contributed by atoms with Crippen molar-refractivity contribution in [1.29, 1.82) is 0 Å². The van der Waals surface area contributed by atoms with E-state index in [0.717, 1.165) is 38.9 Å². The smallest absolute Gasteiger partial charge is 0.335 e. The van der Waals surface area contributed by atoms with Gasteiger partial charge >= 0.3 is 8.56 Å². The van der Waals surface area contributed by atoms with Crippen LogP contribution in [0, 0.1) is 5.41 Å². The summed E-state index contributed by atoms with van der Waals surface area (Å²) in [5, 5.41) is 0. The van der Waals surface area contributed by atoms with E-state index >= 15 is 0 Å². The SMILES string of the molecule is CCCN(CC)CCCC(CCCN(CC)CCC)(CCCN(CC)CCC)C[Si](C)(OCC)OCC. The van der Waals surface area contributed by atoms with Crippen LogP contribution in [0.3, 0.4) is 0 Å². The van der Waals surface area contributed by atoms with Gasteiger partial charge in [0.25, 0.3) is 0 Å². The maximum absolute atomic E-state index is 6.47. The predicted molar refractivity (Wildman–Crippen MR) is 167 cm³/mol. The Balaban J connectivity index is 5.85. The summed E-state index contributed by atoms with van der Waals surface area (Å²) in [6.45, 7) is 32.8. The minimum absolute atomic E-state index is 0.314. The Kier molecular flexibility index (Phi) is 22.8. The third kappa shape index (κ3) is 16.7. The summed E-state index contributed by atoms with van der Waals surface area (Å²) in [6, 6.07) is 1.14. The van der Waals surface area contributed by atoms with E-state index in [1.807, 2.05) is 0 Å². The van der Waals surface area contributed by atoms with Crippen LogP contribution in [0.4, 0.5) is 0 Å². The molecule has 0 aromatic rings. The third-order valence-corrected chi connectivity index (χ3v) is 11.3. The predicted octanol–water partition coefficient (Wildman–Crippen LogP) is 7.65. The van der Waals surface area contributed by atoms with E-state index in [9.17, 15) is 0 Å². The molecule has 0 unspecified atom stereocenters. The Morgan fingerprint density at radius 1 is 0.514 bits per heavy atom. The van der Waals surface area contributed by atoms with Crippen molar-refractivity contribution in [3.63, 3.8) is 0 Å². The van der Waals surface area contributed by atoms with Crippen molar-refractivity contribution in [1.82, 2.24) is 14.7 Å². The number of hydrogen-bond donors (Lipinski definition) is 0. The fourth-order valence-electron chi connectivity index (χ4n) is 6.34. The average molecular weight is 544 g/mol. The largest absolute Gasteiger partial charge is 0.395 e. The molecule has 37 heavy (non-hydrogen) atoms. The topological polar surface area (TPSA) is 28.2 Å². The lowest BCUT2D eigenvalue weighted by Crippen LogP contribution is -2.45. The summed E-state index contributed by atoms with van der Waals surface area (Å²) >= 11 is 0. The molecule has 0 rings (SSSR count). The summed E-state index contributed by atoms with van der Waals surface area (Å²) < 4.78 is 12.9. The Bertz CT molecular complexity index is 453. The lowest BCUT2D eigenvalue weighted by atomic mass is 9.76. The average Bonchev–Trinajstić information content (AvgIpc) is 2.87. The Hall–Kier alpha value is 0.0169. The van der Waals surface area contributed by atoms with Crippen molar-refractivity contribution < 1.29 is 8.85 Å². The highest BCUT2D eigenvalue weighted by atomic mass is 28.4. The van der Waals surface area contributed by atoms with Crippen molar-refractivity contribution in [3.8, 4) is 0 Å². The van der Waals surface area contributed by atoms with Crippen molar-refractivity contribution in [2.45, 2.75) is 126 Å². The molecule has 0 aliphatic carbocycles. The summed E-state index contributed by atoms with van der Waals surface area (Å²) in [7, 11) is -2.23. The van der Waals surface area contributed by atoms with Gasteiger partial charge in [-0.1, -0.05) is 41.5 Å². The van der Waals surface area contributed by atoms with Gasteiger partial charge in [-0.15, -0.1) is 0 Å².